The van der Waals surface area contributed by atoms with Crippen LogP contribution < -0.4 is 5.32 Å². The van der Waals surface area contributed by atoms with Gasteiger partial charge in [-0.15, -0.1) is 0 Å². The average Bonchev–Trinajstić information content (AvgIpc) is 2.18. The Hall–Kier alpha value is -1.59. The number of hydrogen-bond donors (Lipinski definition) is 1. The summed E-state index contributed by atoms with van der Waals surface area (Å²) in [6, 6.07) is 5.55. The van der Waals surface area contributed by atoms with Crippen LogP contribution in [0.15, 0.2) is 24.3 Å². The number of nitrogens with one attached hydrogen (secondary N) is 1. The molecule has 6 heteroatoms. The van der Waals surface area contributed by atoms with Gasteiger partial charge < -0.3 is 5.32 Å². The van der Waals surface area contributed by atoms with Crippen molar-refractivity contribution in [3.8, 4) is 0 Å². The standard InChI is InChI=1S/C11H11F4NO/c12-9-3-1-8(2-4-9)5-6-16-10(17)7-11(13,14)15/h1-4H,5-7H2,(H,16,17). The maximum atomic E-state index is 12.5. The van der Waals surface area contributed by atoms with Crippen LogP contribution in [0.2, 0.25) is 0 Å². The summed E-state index contributed by atoms with van der Waals surface area (Å²) in [5.74, 6) is -1.44. The van der Waals surface area contributed by atoms with E-state index < -0.39 is 18.5 Å². The minimum Gasteiger partial charge on any atom is -0.355 e. The maximum absolute atomic E-state index is 12.5. The molecular weight excluding hydrogens is 238 g/mol. The van der Waals surface area contributed by atoms with Gasteiger partial charge in [0.05, 0.1) is 0 Å². The predicted octanol–water partition coefficient (Wildman–Crippen LogP) is 2.44. The third-order valence-corrected chi connectivity index (χ3v) is 2.01. The molecule has 0 aliphatic carbocycles. The summed E-state index contributed by atoms with van der Waals surface area (Å²) < 4.78 is 47.9. The molecule has 0 aromatic heterocycles. The van der Waals surface area contributed by atoms with Crippen molar-refractivity contribution in [2.75, 3.05) is 6.54 Å². The third kappa shape index (κ3) is 5.89. The molecular formula is C11H11F4NO. The van der Waals surface area contributed by atoms with Crippen molar-refractivity contribution in [2.45, 2.75) is 19.0 Å². The first-order valence-electron chi connectivity index (χ1n) is 4.95. The van der Waals surface area contributed by atoms with Crippen molar-refractivity contribution < 1.29 is 22.4 Å². The molecule has 2 nitrogen and oxygen atoms in total. The Balaban J connectivity index is 2.28. The molecule has 0 aliphatic rings. The van der Waals surface area contributed by atoms with Gasteiger partial charge in [-0.25, -0.2) is 4.39 Å². The zero-order valence-electron chi connectivity index (χ0n) is 8.85. The molecule has 0 unspecified atom stereocenters. The van der Waals surface area contributed by atoms with Gasteiger partial charge in [0.15, 0.2) is 0 Å². The molecule has 94 valence electrons. The molecule has 0 spiro atoms. The summed E-state index contributed by atoms with van der Waals surface area (Å²) in [4.78, 5) is 10.8. The Morgan fingerprint density at radius 3 is 2.29 bits per heavy atom. The van der Waals surface area contributed by atoms with E-state index in [1.165, 1.54) is 24.3 Å². The number of benzene rings is 1. The van der Waals surface area contributed by atoms with Crippen molar-refractivity contribution >= 4 is 5.91 Å². The van der Waals surface area contributed by atoms with E-state index in [2.05, 4.69) is 5.32 Å². The topological polar surface area (TPSA) is 29.1 Å². The van der Waals surface area contributed by atoms with Gasteiger partial charge in [0, 0.05) is 6.54 Å². The lowest BCUT2D eigenvalue weighted by Gasteiger charge is -2.07. The molecule has 0 aliphatic heterocycles. The van der Waals surface area contributed by atoms with Crippen molar-refractivity contribution in [2.24, 2.45) is 0 Å². The molecule has 1 amide bonds. The summed E-state index contributed by atoms with van der Waals surface area (Å²) in [6.45, 7) is 0.0978. The normalized spacial score (nSPS) is 11.3. The van der Waals surface area contributed by atoms with Gasteiger partial charge >= 0.3 is 6.18 Å². The zero-order valence-corrected chi connectivity index (χ0v) is 8.85. The Kier molecular flexibility index (Phi) is 4.48. The first-order valence-corrected chi connectivity index (χ1v) is 4.95. The predicted molar refractivity (Wildman–Crippen MR) is 53.8 cm³/mol. The molecule has 17 heavy (non-hydrogen) atoms. The van der Waals surface area contributed by atoms with Gasteiger partial charge in [0.25, 0.3) is 0 Å². The molecule has 0 saturated heterocycles. The van der Waals surface area contributed by atoms with Gasteiger partial charge in [-0.2, -0.15) is 13.2 Å². The second-order valence-corrected chi connectivity index (χ2v) is 3.52. The van der Waals surface area contributed by atoms with Crippen molar-refractivity contribution in [1.29, 1.82) is 0 Å². The lowest BCUT2D eigenvalue weighted by molar-refractivity contribution is -0.153. The fraction of sp³-hybridized carbons (Fsp3) is 0.364. The van der Waals surface area contributed by atoms with Crippen LogP contribution in [0.3, 0.4) is 0 Å². The number of amides is 1. The smallest absolute Gasteiger partial charge is 0.355 e. The molecule has 1 N–H and O–H groups in total. The summed E-state index contributed by atoms with van der Waals surface area (Å²) in [6.07, 6.45) is -5.60. The summed E-state index contributed by atoms with van der Waals surface area (Å²) in [5, 5.41) is 2.15. The van der Waals surface area contributed by atoms with E-state index in [1.54, 1.807) is 0 Å². The average molecular weight is 249 g/mol. The SMILES string of the molecule is O=C(CC(F)(F)F)NCCc1ccc(F)cc1. The quantitative estimate of drug-likeness (QED) is 0.816. The Morgan fingerprint density at radius 1 is 1.18 bits per heavy atom. The lowest BCUT2D eigenvalue weighted by atomic mass is 10.1. The number of alkyl halides is 3. The number of carbonyl (C=O) groups excluding carboxylic acids is 1. The van der Waals surface area contributed by atoms with Crippen molar-refractivity contribution in [3.05, 3.63) is 35.6 Å². The van der Waals surface area contributed by atoms with Gasteiger partial charge in [-0.1, -0.05) is 12.1 Å². The lowest BCUT2D eigenvalue weighted by Crippen LogP contribution is -2.30. The minimum absolute atomic E-state index is 0.0978. The second-order valence-electron chi connectivity index (χ2n) is 3.52. The summed E-state index contributed by atoms with van der Waals surface area (Å²) in [5.41, 5.74) is 0.749. The Labute approximate surface area is 95.6 Å². The van der Waals surface area contributed by atoms with E-state index in [0.29, 0.717) is 6.42 Å². The molecule has 1 aromatic rings. The van der Waals surface area contributed by atoms with Crippen molar-refractivity contribution in [1.82, 2.24) is 5.32 Å². The van der Waals surface area contributed by atoms with E-state index >= 15 is 0 Å². The highest BCUT2D eigenvalue weighted by molar-refractivity contribution is 5.76. The third-order valence-electron chi connectivity index (χ3n) is 2.01. The Morgan fingerprint density at radius 2 is 1.76 bits per heavy atom. The zero-order chi connectivity index (χ0) is 12.9. The molecule has 0 saturated carbocycles. The summed E-state index contributed by atoms with van der Waals surface area (Å²) >= 11 is 0. The van der Waals surface area contributed by atoms with Crippen LogP contribution in [0.1, 0.15) is 12.0 Å². The fourth-order valence-electron chi connectivity index (χ4n) is 1.24. The maximum Gasteiger partial charge on any atom is 0.397 e. The van der Waals surface area contributed by atoms with E-state index in [0.717, 1.165) is 5.56 Å². The molecule has 0 bridgehead atoms. The molecule has 0 heterocycles. The molecule has 0 atom stereocenters. The van der Waals surface area contributed by atoms with Gasteiger partial charge in [0.2, 0.25) is 5.91 Å². The first kappa shape index (κ1) is 13.5. The van der Waals surface area contributed by atoms with E-state index in [9.17, 15) is 22.4 Å². The van der Waals surface area contributed by atoms with Crippen LogP contribution in [-0.4, -0.2) is 18.6 Å². The van der Waals surface area contributed by atoms with E-state index in [4.69, 9.17) is 0 Å². The largest absolute Gasteiger partial charge is 0.397 e. The van der Waals surface area contributed by atoms with Crippen LogP contribution in [0.5, 0.6) is 0 Å². The van der Waals surface area contributed by atoms with Gasteiger partial charge in [-0.3, -0.25) is 4.79 Å². The molecule has 1 aromatic carbocycles. The monoisotopic (exact) mass is 249 g/mol. The van der Waals surface area contributed by atoms with Crippen LogP contribution in [-0.2, 0) is 11.2 Å². The van der Waals surface area contributed by atoms with E-state index in [-0.39, 0.29) is 12.4 Å². The number of rotatable bonds is 4. The second kappa shape index (κ2) is 5.65. The molecule has 0 fully saturated rings. The van der Waals surface area contributed by atoms with Crippen LogP contribution in [0.25, 0.3) is 0 Å². The van der Waals surface area contributed by atoms with Crippen LogP contribution >= 0.6 is 0 Å². The number of hydrogen-bond acceptors (Lipinski definition) is 1. The van der Waals surface area contributed by atoms with E-state index in [1.807, 2.05) is 0 Å². The van der Waals surface area contributed by atoms with Gasteiger partial charge in [0.1, 0.15) is 12.2 Å². The first-order chi connectivity index (χ1) is 7.87. The highest BCUT2D eigenvalue weighted by atomic mass is 19.4. The van der Waals surface area contributed by atoms with Crippen LogP contribution in [0, 0.1) is 5.82 Å². The molecule has 0 radical (unpaired) electrons. The number of halogens is 4. The number of carbonyl (C=O) groups is 1. The van der Waals surface area contributed by atoms with Gasteiger partial charge in [-0.05, 0) is 24.1 Å². The minimum atomic E-state index is -4.49. The highest BCUT2D eigenvalue weighted by Gasteiger charge is 2.30. The van der Waals surface area contributed by atoms with Crippen molar-refractivity contribution in [3.63, 3.8) is 0 Å². The van der Waals surface area contributed by atoms with Crippen LogP contribution in [0.4, 0.5) is 17.6 Å². The highest BCUT2D eigenvalue weighted by Crippen LogP contribution is 2.18. The summed E-state index contributed by atoms with van der Waals surface area (Å²) in [7, 11) is 0. The fourth-order valence-corrected chi connectivity index (χ4v) is 1.24. The molecule has 1 rings (SSSR count). The Bertz CT molecular complexity index is 372.